The molecule has 2 aliphatic rings. The van der Waals surface area contributed by atoms with Crippen LogP contribution in [0.4, 0.5) is 0 Å². The number of furan rings is 1. The van der Waals surface area contributed by atoms with Crippen LogP contribution in [-0.4, -0.2) is 64.4 Å². The standard InChI is InChI=1S/C21H25ClN2O4/c22-17-5-3-16(4-6-17)19(23-7-12-26-13-8-23)20(24-9-14-27-15-10-24)21(25)18-2-1-11-28-18/h1-6,11,19-20H,7-10,12-15H2/p+2/t19-,20+/m1/s1. The van der Waals surface area contributed by atoms with Gasteiger partial charge in [0.2, 0.25) is 6.04 Å². The van der Waals surface area contributed by atoms with Gasteiger partial charge in [-0.05, 0) is 24.3 Å². The molecular weight excluding hydrogens is 380 g/mol. The Morgan fingerprint density at radius 2 is 1.50 bits per heavy atom. The first-order valence-electron chi connectivity index (χ1n) is 9.92. The van der Waals surface area contributed by atoms with Crippen LogP contribution in [0.15, 0.2) is 47.1 Å². The van der Waals surface area contributed by atoms with Gasteiger partial charge in [0.25, 0.3) is 5.78 Å². The van der Waals surface area contributed by atoms with E-state index >= 15 is 0 Å². The summed E-state index contributed by atoms with van der Waals surface area (Å²) in [6.45, 7) is 6.12. The molecule has 1 aromatic carbocycles. The summed E-state index contributed by atoms with van der Waals surface area (Å²) in [5.74, 6) is 0.483. The summed E-state index contributed by atoms with van der Waals surface area (Å²) in [5, 5.41) is 0.701. The molecule has 3 heterocycles. The number of ketones is 1. The molecule has 1 aromatic heterocycles. The van der Waals surface area contributed by atoms with Crippen molar-refractivity contribution in [2.24, 2.45) is 0 Å². The molecule has 150 valence electrons. The number of benzene rings is 1. The predicted octanol–water partition coefficient (Wildman–Crippen LogP) is 0.0558. The topological polar surface area (TPSA) is 57.5 Å². The number of hydrogen-bond donors (Lipinski definition) is 2. The second-order valence-electron chi connectivity index (χ2n) is 7.39. The number of ether oxygens (including phenoxy) is 2. The van der Waals surface area contributed by atoms with Gasteiger partial charge in [0.1, 0.15) is 26.2 Å². The van der Waals surface area contributed by atoms with E-state index in [9.17, 15) is 4.79 Å². The number of rotatable bonds is 6. The van der Waals surface area contributed by atoms with E-state index in [2.05, 4.69) is 12.1 Å². The van der Waals surface area contributed by atoms with Crippen molar-refractivity contribution in [2.75, 3.05) is 52.6 Å². The first kappa shape index (κ1) is 19.6. The fourth-order valence-corrected chi connectivity index (χ4v) is 4.49. The summed E-state index contributed by atoms with van der Waals surface area (Å²) < 4.78 is 16.7. The average molecular weight is 407 g/mol. The van der Waals surface area contributed by atoms with Crippen molar-refractivity contribution in [1.82, 2.24) is 0 Å². The molecule has 0 amide bonds. The van der Waals surface area contributed by atoms with E-state index in [1.165, 1.54) is 9.80 Å². The van der Waals surface area contributed by atoms with E-state index in [0.717, 1.165) is 31.7 Å². The zero-order chi connectivity index (χ0) is 19.3. The van der Waals surface area contributed by atoms with E-state index < -0.39 is 0 Å². The lowest BCUT2D eigenvalue weighted by Crippen LogP contribution is -3.25. The number of halogens is 1. The number of nitrogens with one attached hydrogen (secondary N) is 2. The smallest absolute Gasteiger partial charge is 0.261 e. The molecule has 0 saturated carbocycles. The van der Waals surface area contributed by atoms with Gasteiger partial charge in [-0.25, -0.2) is 0 Å². The molecular formula is C21H27ClN2O4+2. The van der Waals surface area contributed by atoms with Crippen molar-refractivity contribution in [3.63, 3.8) is 0 Å². The van der Waals surface area contributed by atoms with Crippen LogP contribution in [0.2, 0.25) is 5.02 Å². The Balaban J connectivity index is 1.74. The molecule has 28 heavy (non-hydrogen) atoms. The average Bonchev–Trinajstić information content (AvgIpc) is 3.29. The Bertz CT molecular complexity index is 753. The van der Waals surface area contributed by atoms with E-state index in [1.54, 1.807) is 18.4 Å². The third-order valence-corrected chi connectivity index (χ3v) is 6.01. The number of morpholine rings is 2. The van der Waals surface area contributed by atoms with Crippen LogP contribution >= 0.6 is 11.6 Å². The molecule has 2 N–H and O–H groups in total. The zero-order valence-electron chi connectivity index (χ0n) is 15.9. The maximum Gasteiger partial charge on any atom is 0.261 e. The molecule has 0 unspecified atom stereocenters. The number of quaternary nitrogens is 2. The van der Waals surface area contributed by atoms with E-state index in [0.29, 0.717) is 37.2 Å². The molecule has 2 saturated heterocycles. The Labute approximate surface area is 169 Å². The van der Waals surface area contributed by atoms with E-state index in [-0.39, 0.29) is 17.9 Å². The molecule has 2 atom stereocenters. The molecule has 2 aliphatic heterocycles. The third kappa shape index (κ3) is 4.31. The SMILES string of the molecule is O=C(c1ccco1)[C@H]([C@@H](c1ccc(Cl)cc1)[NH+]1CCOCC1)[NH+]1CCOCC1. The van der Waals surface area contributed by atoms with Crippen molar-refractivity contribution >= 4 is 17.4 Å². The van der Waals surface area contributed by atoms with Crippen molar-refractivity contribution in [3.8, 4) is 0 Å². The van der Waals surface area contributed by atoms with Gasteiger partial charge < -0.3 is 23.7 Å². The molecule has 2 aromatic rings. The Morgan fingerprint density at radius 1 is 0.893 bits per heavy atom. The maximum absolute atomic E-state index is 13.6. The van der Waals surface area contributed by atoms with Gasteiger partial charge in [0, 0.05) is 10.6 Å². The van der Waals surface area contributed by atoms with Crippen LogP contribution < -0.4 is 9.80 Å². The molecule has 0 bridgehead atoms. The zero-order valence-corrected chi connectivity index (χ0v) is 16.6. The maximum atomic E-state index is 13.6. The molecule has 0 radical (unpaired) electrons. The highest BCUT2D eigenvalue weighted by molar-refractivity contribution is 6.30. The second-order valence-corrected chi connectivity index (χ2v) is 7.83. The summed E-state index contributed by atoms with van der Waals surface area (Å²) in [5.41, 5.74) is 1.13. The molecule has 6 nitrogen and oxygen atoms in total. The second kappa shape index (κ2) is 9.20. The summed E-state index contributed by atoms with van der Waals surface area (Å²) >= 11 is 6.14. The highest BCUT2D eigenvalue weighted by atomic mass is 35.5. The van der Waals surface area contributed by atoms with Gasteiger partial charge in [-0.2, -0.15) is 0 Å². The van der Waals surface area contributed by atoms with Crippen molar-refractivity contribution in [1.29, 1.82) is 0 Å². The van der Waals surface area contributed by atoms with Crippen LogP contribution in [-0.2, 0) is 9.47 Å². The minimum absolute atomic E-state index is 0.00636. The number of carbonyl (C=O) groups is 1. The van der Waals surface area contributed by atoms with Gasteiger partial charge >= 0.3 is 0 Å². The van der Waals surface area contributed by atoms with Crippen LogP contribution in [0.25, 0.3) is 0 Å². The highest BCUT2D eigenvalue weighted by Gasteiger charge is 2.46. The van der Waals surface area contributed by atoms with Gasteiger partial charge in [-0.3, -0.25) is 4.79 Å². The molecule has 4 rings (SSSR count). The van der Waals surface area contributed by atoms with Gasteiger partial charge in [0.15, 0.2) is 11.8 Å². The lowest BCUT2D eigenvalue weighted by molar-refractivity contribution is -0.999. The Morgan fingerprint density at radius 3 is 2.07 bits per heavy atom. The minimum Gasteiger partial charge on any atom is -0.461 e. The van der Waals surface area contributed by atoms with Crippen LogP contribution in [0.3, 0.4) is 0 Å². The van der Waals surface area contributed by atoms with Crippen molar-refractivity contribution in [2.45, 2.75) is 12.1 Å². The normalized spacial score (nSPS) is 21.3. The Hall–Kier alpha value is -1.70. The molecule has 2 fully saturated rings. The summed E-state index contributed by atoms with van der Waals surface area (Å²) in [6.07, 6.45) is 1.57. The largest absolute Gasteiger partial charge is 0.461 e. The summed E-state index contributed by atoms with van der Waals surface area (Å²) in [4.78, 5) is 16.2. The van der Waals surface area contributed by atoms with Crippen LogP contribution in [0.1, 0.15) is 22.2 Å². The quantitative estimate of drug-likeness (QED) is 0.666. The molecule has 0 spiro atoms. The number of carbonyl (C=O) groups excluding carboxylic acids is 1. The fraction of sp³-hybridized carbons (Fsp3) is 0.476. The monoisotopic (exact) mass is 406 g/mol. The highest BCUT2D eigenvalue weighted by Crippen LogP contribution is 2.20. The van der Waals surface area contributed by atoms with Crippen LogP contribution in [0, 0.1) is 0 Å². The van der Waals surface area contributed by atoms with E-state index in [4.69, 9.17) is 25.5 Å². The first-order chi connectivity index (χ1) is 13.7. The summed E-state index contributed by atoms with van der Waals surface area (Å²) in [6, 6.07) is 11.2. The van der Waals surface area contributed by atoms with Crippen LogP contribution in [0.5, 0.6) is 0 Å². The third-order valence-electron chi connectivity index (χ3n) is 5.76. The number of Topliss-reactive ketones (excluding diaryl/α,β-unsaturated/α-hetero) is 1. The van der Waals surface area contributed by atoms with Gasteiger partial charge in [0.05, 0.1) is 32.7 Å². The van der Waals surface area contributed by atoms with E-state index in [1.807, 2.05) is 12.1 Å². The van der Waals surface area contributed by atoms with Gasteiger partial charge in [-0.1, -0.05) is 23.7 Å². The molecule has 7 heteroatoms. The molecule has 0 aliphatic carbocycles. The Kier molecular flexibility index (Phi) is 6.44. The lowest BCUT2D eigenvalue weighted by Gasteiger charge is -2.39. The lowest BCUT2D eigenvalue weighted by atomic mass is 9.91. The minimum atomic E-state index is -0.246. The fourth-order valence-electron chi connectivity index (χ4n) is 4.37. The predicted molar refractivity (Wildman–Crippen MR) is 104 cm³/mol. The van der Waals surface area contributed by atoms with Crippen molar-refractivity contribution < 1.29 is 28.5 Å². The summed E-state index contributed by atoms with van der Waals surface area (Å²) in [7, 11) is 0. The first-order valence-corrected chi connectivity index (χ1v) is 10.3. The number of hydrogen-bond acceptors (Lipinski definition) is 4. The van der Waals surface area contributed by atoms with Crippen molar-refractivity contribution in [3.05, 3.63) is 59.0 Å². The van der Waals surface area contributed by atoms with Gasteiger partial charge in [-0.15, -0.1) is 0 Å².